The highest BCUT2D eigenvalue weighted by Crippen LogP contribution is 2.29. The number of aromatic carboxylic acids is 1. The van der Waals surface area contributed by atoms with Gasteiger partial charge in [-0.25, -0.2) is 9.18 Å². The van der Waals surface area contributed by atoms with Crippen molar-refractivity contribution in [1.29, 1.82) is 0 Å². The first kappa shape index (κ1) is 22.3. The highest BCUT2D eigenvalue weighted by molar-refractivity contribution is 5.93. The van der Waals surface area contributed by atoms with E-state index in [1.165, 1.54) is 43.6 Å². The van der Waals surface area contributed by atoms with Crippen molar-refractivity contribution in [2.75, 3.05) is 13.7 Å². The summed E-state index contributed by atoms with van der Waals surface area (Å²) in [5.74, 6) is -0.890. The van der Waals surface area contributed by atoms with Crippen molar-refractivity contribution < 1.29 is 28.9 Å². The number of halogens is 1. The molecule has 3 rings (SSSR count). The lowest BCUT2D eigenvalue weighted by Gasteiger charge is -2.25. The van der Waals surface area contributed by atoms with Crippen molar-refractivity contribution in [2.24, 2.45) is 5.92 Å². The van der Waals surface area contributed by atoms with Crippen LogP contribution in [0.4, 0.5) is 4.39 Å². The number of hydrogen-bond acceptors (Lipinski definition) is 5. The number of pyridine rings is 1. The van der Waals surface area contributed by atoms with E-state index in [1.807, 2.05) is 13.8 Å². The fraction of sp³-hybridized carbons (Fsp3) is 0.304. The second-order valence-corrected chi connectivity index (χ2v) is 7.50. The maximum Gasteiger partial charge on any atom is 0.341 e. The van der Waals surface area contributed by atoms with Crippen molar-refractivity contribution >= 4 is 16.9 Å². The van der Waals surface area contributed by atoms with Gasteiger partial charge < -0.3 is 24.3 Å². The van der Waals surface area contributed by atoms with Crippen LogP contribution in [0.1, 0.15) is 35.8 Å². The van der Waals surface area contributed by atoms with Crippen LogP contribution in [0, 0.1) is 11.7 Å². The van der Waals surface area contributed by atoms with Gasteiger partial charge in [-0.1, -0.05) is 13.8 Å². The van der Waals surface area contributed by atoms with Crippen LogP contribution in [0.25, 0.3) is 10.9 Å². The van der Waals surface area contributed by atoms with E-state index in [4.69, 9.17) is 9.47 Å². The smallest absolute Gasteiger partial charge is 0.341 e. The number of ether oxygens (including phenoxy) is 2. The number of fused-ring (bicyclic) bond motifs is 1. The molecule has 0 fully saturated rings. The monoisotopic (exact) mass is 429 g/mol. The van der Waals surface area contributed by atoms with Crippen molar-refractivity contribution in [2.45, 2.75) is 26.5 Å². The van der Waals surface area contributed by atoms with Crippen LogP contribution in [0.5, 0.6) is 11.5 Å². The van der Waals surface area contributed by atoms with Gasteiger partial charge in [-0.15, -0.1) is 0 Å². The predicted octanol–water partition coefficient (Wildman–Crippen LogP) is 3.62. The van der Waals surface area contributed by atoms with Gasteiger partial charge in [-0.2, -0.15) is 0 Å². The number of carboxylic acid groups (broad SMARTS) is 1. The second-order valence-electron chi connectivity index (χ2n) is 7.50. The topological polar surface area (TPSA) is 98.0 Å². The van der Waals surface area contributed by atoms with E-state index >= 15 is 0 Å². The molecular weight excluding hydrogens is 405 g/mol. The van der Waals surface area contributed by atoms with E-state index in [2.05, 4.69) is 0 Å². The lowest BCUT2D eigenvalue weighted by molar-refractivity contribution is 0.0694. The van der Waals surface area contributed by atoms with Crippen LogP contribution in [-0.2, 0) is 6.61 Å². The van der Waals surface area contributed by atoms with Gasteiger partial charge in [0.2, 0.25) is 5.43 Å². The van der Waals surface area contributed by atoms with E-state index in [1.54, 1.807) is 10.6 Å². The zero-order chi connectivity index (χ0) is 22.7. The Bertz CT molecular complexity index is 1150. The highest BCUT2D eigenvalue weighted by Gasteiger charge is 2.22. The molecule has 0 saturated heterocycles. The summed E-state index contributed by atoms with van der Waals surface area (Å²) in [4.78, 5) is 24.6. The molecule has 3 aromatic rings. The van der Waals surface area contributed by atoms with Gasteiger partial charge in [0.05, 0.1) is 25.3 Å². The molecule has 0 amide bonds. The minimum atomic E-state index is -1.35. The average Bonchev–Trinajstić information content (AvgIpc) is 2.74. The molecule has 1 aromatic heterocycles. The Hall–Kier alpha value is -3.39. The summed E-state index contributed by atoms with van der Waals surface area (Å²) in [6, 6.07) is 8.23. The summed E-state index contributed by atoms with van der Waals surface area (Å²) in [5.41, 5.74) is -0.0483. The summed E-state index contributed by atoms with van der Waals surface area (Å²) in [6.07, 6.45) is 1.27. The van der Waals surface area contributed by atoms with Crippen LogP contribution >= 0.6 is 0 Å². The van der Waals surface area contributed by atoms with Gasteiger partial charge in [0.25, 0.3) is 0 Å². The number of carbonyl (C=O) groups is 1. The summed E-state index contributed by atoms with van der Waals surface area (Å²) >= 11 is 0. The molecule has 2 N–H and O–H groups in total. The lowest BCUT2D eigenvalue weighted by Crippen LogP contribution is -2.25. The molecule has 0 radical (unpaired) electrons. The minimum absolute atomic E-state index is 0.0229. The second kappa shape index (κ2) is 9.18. The quantitative estimate of drug-likeness (QED) is 0.568. The van der Waals surface area contributed by atoms with Gasteiger partial charge in [0, 0.05) is 23.2 Å². The third kappa shape index (κ3) is 4.54. The van der Waals surface area contributed by atoms with Gasteiger partial charge in [0.15, 0.2) is 0 Å². The zero-order valence-corrected chi connectivity index (χ0v) is 17.5. The number of carboxylic acids is 1. The normalized spacial score (nSPS) is 12.2. The summed E-state index contributed by atoms with van der Waals surface area (Å²) in [7, 11) is 1.47. The number of hydrogen-bond donors (Lipinski definition) is 2. The highest BCUT2D eigenvalue weighted by atomic mass is 19.1. The Morgan fingerprint density at radius 2 is 1.87 bits per heavy atom. The third-order valence-electron chi connectivity index (χ3n) is 5.19. The average molecular weight is 429 g/mol. The number of aliphatic hydroxyl groups excluding tert-OH is 1. The van der Waals surface area contributed by atoms with Gasteiger partial charge >= 0.3 is 5.97 Å². The molecule has 0 saturated carbocycles. The number of rotatable bonds is 8. The van der Waals surface area contributed by atoms with Crippen LogP contribution in [0.3, 0.4) is 0 Å². The predicted molar refractivity (Wildman–Crippen MR) is 113 cm³/mol. The molecule has 8 heteroatoms. The number of methoxy groups -OCH3 is 1. The Balaban J connectivity index is 2.17. The van der Waals surface area contributed by atoms with Crippen LogP contribution in [-0.4, -0.2) is 34.5 Å². The van der Waals surface area contributed by atoms with E-state index in [0.717, 1.165) is 0 Å². The van der Waals surface area contributed by atoms with Gasteiger partial charge in [-0.05, 0) is 36.2 Å². The van der Waals surface area contributed by atoms with Gasteiger partial charge in [-0.3, -0.25) is 4.79 Å². The molecule has 0 spiro atoms. The zero-order valence-electron chi connectivity index (χ0n) is 17.5. The van der Waals surface area contributed by atoms with E-state index in [9.17, 15) is 24.2 Å². The summed E-state index contributed by atoms with van der Waals surface area (Å²) in [5, 5.41) is 19.6. The standard InChI is InChI=1S/C23H24FNO6/c1-13(2)20(11-26)25-10-18(23(28)29)22(27)17-8-14(21(30-3)9-19(17)25)12-31-16-6-4-15(24)5-7-16/h4-10,13,20,26H,11-12H2,1-3H3,(H,28,29). The SMILES string of the molecule is COc1cc2c(cc1COc1ccc(F)cc1)c(=O)c(C(=O)O)cn2C(CO)C(C)C. The molecule has 0 bridgehead atoms. The number of nitrogens with zero attached hydrogens (tertiary/aromatic N) is 1. The van der Waals surface area contributed by atoms with Crippen molar-refractivity contribution in [3.05, 3.63) is 69.8 Å². The fourth-order valence-electron chi connectivity index (χ4n) is 3.46. The Morgan fingerprint density at radius 3 is 2.42 bits per heavy atom. The molecule has 7 nitrogen and oxygen atoms in total. The maximum atomic E-state index is 13.1. The number of benzene rings is 2. The Morgan fingerprint density at radius 1 is 1.19 bits per heavy atom. The number of aromatic nitrogens is 1. The maximum absolute atomic E-state index is 13.1. The van der Waals surface area contributed by atoms with E-state index in [0.29, 0.717) is 22.6 Å². The van der Waals surface area contributed by atoms with Crippen LogP contribution < -0.4 is 14.9 Å². The molecule has 0 aliphatic rings. The molecule has 0 aliphatic heterocycles. The van der Waals surface area contributed by atoms with Crippen molar-refractivity contribution in [3.63, 3.8) is 0 Å². The van der Waals surface area contributed by atoms with Crippen LogP contribution in [0.2, 0.25) is 0 Å². The Kier molecular flexibility index (Phi) is 6.60. The Labute approximate surface area is 178 Å². The number of aliphatic hydroxyl groups is 1. The fourth-order valence-corrected chi connectivity index (χ4v) is 3.46. The third-order valence-corrected chi connectivity index (χ3v) is 5.19. The first-order valence-electron chi connectivity index (χ1n) is 9.75. The van der Waals surface area contributed by atoms with Crippen molar-refractivity contribution in [3.8, 4) is 11.5 Å². The summed E-state index contributed by atoms with van der Waals surface area (Å²) in [6.45, 7) is 3.59. The van der Waals surface area contributed by atoms with E-state index in [-0.39, 0.29) is 35.9 Å². The minimum Gasteiger partial charge on any atom is -0.496 e. The molecule has 31 heavy (non-hydrogen) atoms. The molecule has 164 valence electrons. The molecule has 2 aromatic carbocycles. The summed E-state index contributed by atoms with van der Waals surface area (Å²) < 4.78 is 25.9. The van der Waals surface area contributed by atoms with E-state index < -0.39 is 17.4 Å². The van der Waals surface area contributed by atoms with Gasteiger partial charge in [0.1, 0.15) is 29.5 Å². The molecule has 1 unspecified atom stereocenters. The van der Waals surface area contributed by atoms with Crippen LogP contribution in [0.15, 0.2) is 47.4 Å². The first-order valence-corrected chi connectivity index (χ1v) is 9.75. The first-order chi connectivity index (χ1) is 14.8. The largest absolute Gasteiger partial charge is 0.496 e. The molecular formula is C23H24FNO6. The molecule has 0 aliphatic carbocycles. The van der Waals surface area contributed by atoms with Crippen molar-refractivity contribution in [1.82, 2.24) is 4.57 Å². The lowest BCUT2D eigenvalue weighted by atomic mass is 10.0. The molecule has 1 heterocycles. The molecule has 1 atom stereocenters.